The summed E-state index contributed by atoms with van der Waals surface area (Å²) in [5.41, 5.74) is 2.07. The van der Waals surface area contributed by atoms with Gasteiger partial charge in [-0.25, -0.2) is 4.98 Å². The lowest BCUT2D eigenvalue weighted by molar-refractivity contribution is 0.325. The van der Waals surface area contributed by atoms with Gasteiger partial charge in [0.25, 0.3) is 0 Å². The van der Waals surface area contributed by atoms with Crippen molar-refractivity contribution in [3.63, 3.8) is 0 Å². The van der Waals surface area contributed by atoms with Gasteiger partial charge in [-0.2, -0.15) is 0 Å². The molecule has 0 bridgehead atoms. The van der Waals surface area contributed by atoms with Crippen LogP contribution in [0.15, 0.2) is 18.2 Å². The zero-order valence-electron chi connectivity index (χ0n) is 11.5. The zero-order chi connectivity index (χ0) is 13.9. The van der Waals surface area contributed by atoms with Crippen LogP contribution in [0.25, 0.3) is 11.0 Å². The number of aryl methyl sites for hydroxylation is 1. The van der Waals surface area contributed by atoms with E-state index in [0.29, 0.717) is 5.88 Å². The molecule has 1 aliphatic heterocycles. The average molecular weight is 312 g/mol. The average Bonchev–Trinajstić information content (AvgIpc) is 3.07. The van der Waals surface area contributed by atoms with Gasteiger partial charge in [0.05, 0.1) is 16.9 Å². The monoisotopic (exact) mass is 311 g/mol. The standard InChI is InChI=1S/C15H19Cl2N3/c16-11-15-18-13-5-4-12(17)10-14(13)20(15)9-3-8-19-6-1-2-7-19/h4-5,10H,1-3,6-9,11H2. The lowest BCUT2D eigenvalue weighted by atomic mass is 10.3. The quantitative estimate of drug-likeness (QED) is 0.780. The Morgan fingerprint density at radius 2 is 1.95 bits per heavy atom. The Morgan fingerprint density at radius 1 is 1.15 bits per heavy atom. The number of hydrogen-bond donors (Lipinski definition) is 0. The van der Waals surface area contributed by atoms with Crippen LogP contribution in [0, 0.1) is 0 Å². The van der Waals surface area contributed by atoms with E-state index in [0.717, 1.165) is 41.4 Å². The molecule has 0 N–H and O–H groups in total. The van der Waals surface area contributed by atoms with E-state index < -0.39 is 0 Å². The first-order valence-corrected chi connectivity index (χ1v) is 8.12. The maximum absolute atomic E-state index is 6.10. The van der Waals surface area contributed by atoms with Gasteiger partial charge in [0.2, 0.25) is 0 Å². The Hall–Kier alpha value is -0.770. The molecular weight excluding hydrogens is 293 g/mol. The third-order valence-corrected chi connectivity index (χ3v) is 4.44. The van der Waals surface area contributed by atoms with Gasteiger partial charge in [-0.15, -0.1) is 11.6 Å². The van der Waals surface area contributed by atoms with Gasteiger partial charge in [-0.3, -0.25) is 0 Å². The minimum Gasteiger partial charge on any atom is -0.327 e. The second-order valence-electron chi connectivity index (χ2n) is 5.35. The van der Waals surface area contributed by atoms with Crippen molar-refractivity contribution in [1.29, 1.82) is 0 Å². The summed E-state index contributed by atoms with van der Waals surface area (Å²) in [7, 11) is 0. The van der Waals surface area contributed by atoms with Gasteiger partial charge < -0.3 is 9.47 Å². The van der Waals surface area contributed by atoms with E-state index in [1.807, 2.05) is 18.2 Å². The van der Waals surface area contributed by atoms with Crippen molar-refractivity contribution in [1.82, 2.24) is 14.5 Å². The fourth-order valence-electron chi connectivity index (χ4n) is 2.96. The van der Waals surface area contributed by atoms with E-state index >= 15 is 0 Å². The molecule has 0 saturated carbocycles. The number of alkyl halides is 1. The first-order chi connectivity index (χ1) is 9.78. The van der Waals surface area contributed by atoms with Gasteiger partial charge in [0, 0.05) is 11.6 Å². The smallest absolute Gasteiger partial charge is 0.124 e. The number of likely N-dealkylation sites (tertiary alicyclic amines) is 1. The molecule has 5 heteroatoms. The van der Waals surface area contributed by atoms with E-state index in [-0.39, 0.29) is 0 Å². The maximum Gasteiger partial charge on any atom is 0.124 e. The van der Waals surface area contributed by atoms with Crippen molar-refractivity contribution in [2.24, 2.45) is 0 Å². The molecular formula is C15H19Cl2N3. The molecule has 0 atom stereocenters. The van der Waals surface area contributed by atoms with Gasteiger partial charge in [-0.1, -0.05) is 11.6 Å². The summed E-state index contributed by atoms with van der Waals surface area (Å²) in [6.07, 6.45) is 3.81. The van der Waals surface area contributed by atoms with Gasteiger partial charge in [0.1, 0.15) is 5.82 Å². The second kappa shape index (κ2) is 6.33. The van der Waals surface area contributed by atoms with Crippen molar-refractivity contribution in [3.05, 3.63) is 29.0 Å². The van der Waals surface area contributed by atoms with Crippen LogP contribution in [0.2, 0.25) is 5.02 Å². The second-order valence-corrected chi connectivity index (χ2v) is 6.05. The maximum atomic E-state index is 6.10. The van der Waals surface area contributed by atoms with Crippen LogP contribution in [-0.2, 0) is 12.4 Å². The van der Waals surface area contributed by atoms with Gasteiger partial charge in [0.15, 0.2) is 0 Å². The third-order valence-electron chi connectivity index (χ3n) is 3.96. The largest absolute Gasteiger partial charge is 0.327 e. The molecule has 3 rings (SSSR count). The summed E-state index contributed by atoms with van der Waals surface area (Å²) in [4.78, 5) is 7.12. The van der Waals surface area contributed by atoms with Crippen LogP contribution < -0.4 is 0 Å². The van der Waals surface area contributed by atoms with Gasteiger partial charge in [-0.05, 0) is 57.1 Å². The molecule has 108 valence electrons. The number of rotatable bonds is 5. The number of hydrogen-bond acceptors (Lipinski definition) is 2. The Morgan fingerprint density at radius 3 is 2.70 bits per heavy atom. The normalized spacial score (nSPS) is 16.3. The molecule has 1 aromatic heterocycles. The number of benzene rings is 1. The number of nitrogens with zero attached hydrogens (tertiary/aromatic N) is 3. The molecule has 1 aliphatic rings. The Labute approximate surface area is 129 Å². The molecule has 3 nitrogen and oxygen atoms in total. The van der Waals surface area contributed by atoms with E-state index in [4.69, 9.17) is 23.2 Å². The summed E-state index contributed by atoms with van der Waals surface area (Å²) >= 11 is 12.1. The Balaban J connectivity index is 1.76. The highest BCUT2D eigenvalue weighted by atomic mass is 35.5. The minimum atomic E-state index is 0.440. The molecule has 0 aliphatic carbocycles. The van der Waals surface area contributed by atoms with Crippen LogP contribution >= 0.6 is 23.2 Å². The third kappa shape index (κ3) is 2.95. The highest BCUT2D eigenvalue weighted by molar-refractivity contribution is 6.31. The van der Waals surface area contributed by atoms with Crippen LogP contribution in [0.3, 0.4) is 0 Å². The number of aromatic nitrogens is 2. The van der Waals surface area contributed by atoms with Crippen molar-refractivity contribution < 1.29 is 0 Å². The molecule has 1 fully saturated rings. The molecule has 2 heterocycles. The zero-order valence-corrected chi connectivity index (χ0v) is 13.0. The van der Waals surface area contributed by atoms with E-state index in [1.54, 1.807) is 0 Å². The van der Waals surface area contributed by atoms with Crippen molar-refractivity contribution in [2.45, 2.75) is 31.7 Å². The van der Waals surface area contributed by atoms with Crippen LogP contribution in [0.4, 0.5) is 0 Å². The molecule has 1 saturated heterocycles. The molecule has 20 heavy (non-hydrogen) atoms. The Kier molecular flexibility index (Phi) is 4.49. The molecule has 0 spiro atoms. The van der Waals surface area contributed by atoms with Crippen LogP contribution in [-0.4, -0.2) is 34.1 Å². The van der Waals surface area contributed by atoms with Crippen molar-refractivity contribution in [3.8, 4) is 0 Å². The highest BCUT2D eigenvalue weighted by Crippen LogP contribution is 2.22. The van der Waals surface area contributed by atoms with Crippen molar-refractivity contribution >= 4 is 34.2 Å². The molecule has 0 amide bonds. The first-order valence-electron chi connectivity index (χ1n) is 7.21. The SMILES string of the molecule is ClCc1nc2ccc(Cl)cc2n1CCCN1CCCC1. The number of fused-ring (bicyclic) bond motifs is 1. The summed E-state index contributed by atoms with van der Waals surface area (Å²) < 4.78 is 2.21. The molecule has 2 aromatic rings. The lowest BCUT2D eigenvalue weighted by Crippen LogP contribution is -2.21. The minimum absolute atomic E-state index is 0.440. The highest BCUT2D eigenvalue weighted by Gasteiger charge is 2.13. The van der Waals surface area contributed by atoms with Gasteiger partial charge >= 0.3 is 0 Å². The molecule has 0 radical (unpaired) electrons. The fourth-order valence-corrected chi connectivity index (χ4v) is 3.33. The number of halogens is 2. The lowest BCUT2D eigenvalue weighted by Gasteiger charge is -2.15. The summed E-state index contributed by atoms with van der Waals surface area (Å²) in [6.45, 7) is 4.61. The summed E-state index contributed by atoms with van der Waals surface area (Å²) in [6, 6.07) is 5.82. The molecule has 0 unspecified atom stereocenters. The van der Waals surface area contributed by atoms with E-state index in [1.165, 1.54) is 25.9 Å². The van der Waals surface area contributed by atoms with Crippen LogP contribution in [0.5, 0.6) is 0 Å². The molecule has 1 aromatic carbocycles. The topological polar surface area (TPSA) is 21.1 Å². The fraction of sp³-hybridized carbons (Fsp3) is 0.533. The van der Waals surface area contributed by atoms with Crippen molar-refractivity contribution in [2.75, 3.05) is 19.6 Å². The van der Waals surface area contributed by atoms with Crippen LogP contribution in [0.1, 0.15) is 25.1 Å². The summed E-state index contributed by atoms with van der Waals surface area (Å²) in [5.74, 6) is 1.38. The predicted octanol–water partition coefficient (Wildman–Crippen LogP) is 3.91. The predicted molar refractivity (Wildman–Crippen MR) is 84.6 cm³/mol. The Bertz CT molecular complexity index is 588. The van der Waals surface area contributed by atoms with E-state index in [2.05, 4.69) is 14.5 Å². The number of imidazole rings is 1. The summed E-state index contributed by atoms with van der Waals surface area (Å²) in [5, 5.41) is 0.749. The first kappa shape index (κ1) is 14.2. The van der Waals surface area contributed by atoms with E-state index in [9.17, 15) is 0 Å².